The SMILES string of the molecule is CCOc1cc2ncc(C(N)=O)c(Nc3ccc(CC)cc3)c2cc1N1CCN(CC)CC1. The van der Waals surface area contributed by atoms with Crippen molar-refractivity contribution in [2.24, 2.45) is 5.73 Å². The van der Waals surface area contributed by atoms with Crippen LogP contribution in [0.2, 0.25) is 0 Å². The van der Waals surface area contributed by atoms with Crippen LogP contribution >= 0.6 is 0 Å². The fourth-order valence-corrected chi connectivity index (χ4v) is 4.32. The third-order valence-electron chi connectivity index (χ3n) is 6.31. The van der Waals surface area contributed by atoms with Crippen LogP contribution in [0.25, 0.3) is 10.9 Å². The molecule has 2 aromatic carbocycles. The third kappa shape index (κ3) is 4.88. The van der Waals surface area contributed by atoms with Gasteiger partial charge in [0.1, 0.15) is 5.75 Å². The van der Waals surface area contributed by atoms with Crippen LogP contribution in [-0.2, 0) is 6.42 Å². The molecular weight excluding hydrogens is 414 g/mol. The van der Waals surface area contributed by atoms with Crippen molar-refractivity contribution in [3.05, 3.63) is 53.7 Å². The number of piperazine rings is 1. The molecule has 1 aromatic heterocycles. The monoisotopic (exact) mass is 447 g/mol. The number of ether oxygens (including phenoxy) is 1. The summed E-state index contributed by atoms with van der Waals surface area (Å²) in [5.41, 5.74) is 10.7. The van der Waals surface area contributed by atoms with Gasteiger partial charge in [0.05, 0.1) is 29.1 Å². The molecule has 0 radical (unpaired) electrons. The van der Waals surface area contributed by atoms with Gasteiger partial charge in [0.25, 0.3) is 5.91 Å². The summed E-state index contributed by atoms with van der Waals surface area (Å²) in [6.07, 6.45) is 2.52. The number of likely N-dealkylation sites (N-methyl/N-ethyl adjacent to an activating group) is 1. The number of hydrogen-bond donors (Lipinski definition) is 2. The predicted molar refractivity (Wildman–Crippen MR) is 135 cm³/mol. The van der Waals surface area contributed by atoms with Crippen molar-refractivity contribution in [3.63, 3.8) is 0 Å². The number of nitrogens with two attached hydrogens (primary N) is 1. The minimum absolute atomic E-state index is 0.369. The highest BCUT2D eigenvalue weighted by Crippen LogP contribution is 2.38. The molecule has 174 valence electrons. The molecule has 1 fully saturated rings. The van der Waals surface area contributed by atoms with Crippen molar-refractivity contribution in [2.75, 3.05) is 49.5 Å². The Morgan fingerprint density at radius 1 is 1.09 bits per heavy atom. The van der Waals surface area contributed by atoms with E-state index in [-0.39, 0.29) is 0 Å². The van der Waals surface area contributed by atoms with E-state index in [0.717, 1.165) is 67.2 Å². The summed E-state index contributed by atoms with van der Waals surface area (Å²) in [6, 6.07) is 12.3. The van der Waals surface area contributed by atoms with Crippen LogP contribution in [0.15, 0.2) is 42.6 Å². The Hall–Kier alpha value is -3.32. The summed E-state index contributed by atoms with van der Waals surface area (Å²) in [5, 5.41) is 4.29. The summed E-state index contributed by atoms with van der Waals surface area (Å²) in [5.74, 6) is 0.302. The number of carbonyl (C=O) groups excluding carboxylic acids is 1. The molecule has 3 N–H and O–H groups in total. The van der Waals surface area contributed by atoms with E-state index < -0.39 is 5.91 Å². The maximum atomic E-state index is 12.3. The van der Waals surface area contributed by atoms with Gasteiger partial charge in [-0.25, -0.2) is 0 Å². The predicted octanol–water partition coefficient (Wildman–Crippen LogP) is 4.18. The van der Waals surface area contributed by atoms with Gasteiger partial charge < -0.3 is 25.6 Å². The molecule has 1 aliphatic heterocycles. The van der Waals surface area contributed by atoms with Crippen molar-refractivity contribution in [3.8, 4) is 5.75 Å². The number of aryl methyl sites for hydroxylation is 1. The van der Waals surface area contributed by atoms with Crippen LogP contribution in [0, 0.1) is 0 Å². The van der Waals surface area contributed by atoms with E-state index in [1.165, 1.54) is 5.56 Å². The van der Waals surface area contributed by atoms with Gasteiger partial charge in [-0.2, -0.15) is 0 Å². The maximum Gasteiger partial charge on any atom is 0.252 e. The number of primary amides is 1. The first-order valence-corrected chi connectivity index (χ1v) is 11.8. The highest BCUT2D eigenvalue weighted by Gasteiger charge is 2.22. The molecule has 0 aliphatic carbocycles. The highest BCUT2D eigenvalue weighted by atomic mass is 16.5. The smallest absolute Gasteiger partial charge is 0.252 e. The van der Waals surface area contributed by atoms with Crippen LogP contribution in [0.4, 0.5) is 17.1 Å². The van der Waals surface area contributed by atoms with E-state index in [0.29, 0.717) is 17.9 Å². The zero-order valence-corrected chi connectivity index (χ0v) is 19.7. The van der Waals surface area contributed by atoms with Gasteiger partial charge >= 0.3 is 0 Å². The fraction of sp³-hybridized carbons (Fsp3) is 0.385. The molecule has 4 rings (SSSR count). The topological polar surface area (TPSA) is 83.7 Å². The Labute approximate surface area is 195 Å². The lowest BCUT2D eigenvalue weighted by atomic mass is 10.1. The number of rotatable bonds is 8. The Morgan fingerprint density at radius 3 is 2.42 bits per heavy atom. The second-order valence-corrected chi connectivity index (χ2v) is 8.28. The average Bonchev–Trinajstić information content (AvgIpc) is 2.84. The van der Waals surface area contributed by atoms with Crippen LogP contribution < -0.4 is 20.7 Å². The third-order valence-corrected chi connectivity index (χ3v) is 6.31. The molecule has 2 heterocycles. The van der Waals surface area contributed by atoms with E-state index >= 15 is 0 Å². The van der Waals surface area contributed by atoms with Gasteiger partial charge in [-0.05, 0) is 43.7 Å². The number of pyridine rings is 1. The quantitative estimate of drug-likeness (QED) is 0.539. The Bertz CT molecular complexity index is 1120. The summed E-state index contributed by atoms with van der Waals surface area (Å²) >= 11 is 0. The standard InChI is InChI=1S/C26H33N5O2/c1-4-18-7-9-19(10-8-18)29-25-20-15-23(31-13-11-30(5-2)12-14-31)24(33-6-3)16-22(20)28-17-21(25)26(27)32/h7-10,15-17H,4-6,11-14H2,1-3H3,(H2,27,32)(H,28,29). The lowest BCUT2D eigenvalue weighted by molar-refractivity contribution is 0.100. The number of benzene rings is 2. The van der Waals surface area contributed by atoms with E-state index in [2.05, 4.69) is 52.1 Å². The molecule has 0 unspecified atom stereocenters. The molecule has 7 nitrogen and oxygen atoms in total. The molecule has 0 saturated carbocycles. The van der Waals surface area contributed by atoms with Gasteiger partial charge in [-0.1, -0.05) is 26.0 Å². The van der Waals surface area contributed by atoms with E-state index in [9.17, 15) is 4.79 Å². The molecule has 7 heteroatoms. The number of anilines is 3. The molecule has 0 bridgehead atoms. The summed E-state index contributed by atoms with van der Waals surface area (Å²) in [7, 11) is 0. The number of nitrogens with zero attached hydrogens (tertiary/aromatic N) is 3. The lowest BCUT2D eigenvalue weighted by Crippen LogP contribution is -2.46. The zero-order valence-electron chi connectivity index (χ0n) is 19.7. The first-order chi connectivity index (χ1) is 16.0. The second kappa shape index (κ2) is 10.1. The van der Waals surface area contributed by atoms with Crippen molar-refractivity contribution >= 4 is 33.9 Å². The molecule has 3 aromatic rings. The molecule has 0 spiro atoms. The van der Waals surface area contributed by atoms with Crippen LogP contribution in [0.1, 0.15) is 36.7 Å². The fourth-order valence-electron chi connectivity index (χ4n) is 4.32. The largest absolute Gasteiger partial charge is 0.492 e. The highest BCUT2D eigenvalue weighted by molar-refractivity contribution is 6.08. The Balaban J connectivity index is 1.81. The molecule has 1 amide bonds. The van der Waals surface area contributed by atoms with Gasteiger partial charge in [-0.15, -0.1) is 0 Å². The lowest BCUT2D eigenvalue weighted by Gasteiger charge is -2.36. The number of nitrogens with one attached hydrogen (secondary N) is 1. The molecule has 0 atom stereocenters. The van der Waals surface area contributed by atoms with Crippen molar-refractivity contribution in [1.29, 1.82) is 0 Å². The number of carbonyl (C=O) groups is 1. The van der Waals surface area contributed by atoms with Crippen LogP contribution in [0.3, 0.4) is 0 Å². The second-order valence-electron chi connectivity index (χ2n) is 8.28. The molecule has 33 heavy (non-hydrogen) atoms. The van der Waals surface area contributed by atoms with E-state index in [1.54, 1.807) is 6.20 Å². The first kappa shape index (κ1) is 22.9. The number of hydrogen-bond acceptors (Lipinski definition) is 6. The molecular formula is C26H33N5O2. The summed E-state index contributed by atoms with van der Waals surface area (Å²) in [4.78, 5) is 21.6. The molecule has 1 saturated heterocycles. The van der Waals surface area contributed by atoms with E-state index in [1.807, 2.05) is 25.1 Å². The Morgan fingerprint density at radius 2 is 1.82 bits per heavy atom. The summed E-state index contributed by atoms with van der Waals surface area (Å²) in [6.45, 7) is 11.8. The normalized spacial score (nSPS) is 14.5. The minimum atomic E-state index is -0.510. The maximum absolute atomic E-state index is 12.3. The van der Waals surface area contributed by atoms with Gasteiger partial charge in [0, 0.05) is 49.5 Å². The molecule has 1 aliphatic rings. The average molecular weight is 448 g/mol. The van der Waals surface area contributed by atoms with Gasteiger partial charge in [0.15, 0.2) is 0 Å². The van der Waals surface area contributed by atoms with Crippen LogP contribution in [0.5, 0.6) is 5.75 Å². The van der Waals surface area contributed by atoms with Crippen molar-refractivity contribution in [2.45, 2.75) is 27.2 Å². The first-order valence-electron chi connectivity index (χ1n) is 11.8. The minimum Gasteiger partial charge on any atom is -0.492 e. The number of fused-ring (bicyclic) bond motifs is 1. The summed E-state index contributed by atoms with van der Waals surface area (Å²) < 4.78 is 6.01. The van der Waals surface area contributed by atoms with Crippen molar-refractivity contribution < 1.29 is 9.53 Å². The van der Waals surface area contributed by atoms with E-state index in [4.69, 9.17) is 10.5 Å². The van der Waals surface area contributed by atoms with Crippen LogP contribution in [-0.4, -0.2) is 55.1 Å². The number of aromatic nitrogens is 1. The number of amides is 1. The van der Waals surface area contributed by atoms with Crippen molar-refractivity contribution in [1.82, 2.24) is 9.88 Å². The van der Waals surface area contributed by atoms with Gasteiger partial charge in [0.2, 0.25) is 0 Å². The zero-order chi connectivity index (χ0) is 23.4. The Kier molecular flexibility index (Phi) is 6.99. The van der Waals surface area contributed by atoms with Gasteiger partial charge in [-0.3, -0.25) is 9.78 Å².